The van der Waals surface area contributed by atoms with Gasteiger partial charge in [-0.05, 0) is 96.0 Å². The molecule has 232 valence electrons. The summed E-state index contributed by atoms with van der Waals surface area (Å²) in [5.74, 6) is 1.61. The zero-order chi connectivity index (χ0) is 31.2. The lowest BCUT2D eigenvalue weighted by molar-refractivity contribution is 0.0219. The largest absolute Gasteiger partial charge is 0.444 e. The van der Waals surface area contributed by atoms with Gasteiger partial charge in [0.2, 0.25) is 0 Å². The van der Waals surface area contributed by atoms with Gasteiger partial charge < -0.3 is 24.9 Å². The molecule has 3 N–H and O–H groups in total. The van der Waals surface area contributed by atoms with Crippen molar-refractivity contribution in [3.05, 3.63) is 60.3 Å². The van der Waals surface area contributed by atoms with Gasteiger partial charge in [-0.25, -0.2) is 19.6 Å². The van der Waals surface area contributed by atoms with Gasteiger partial charge in [0, 0.05) is 18.6 Å². The van der Waals surface area contributed by atoms with Crippen LogP contribution in [0.25, 0.3) is 33.4 Å². The molecule has 2 saturated heterocycles. The van der Waals surface area contributed by atoms with E-state index in [2.05, 4.69) is 56.7 Å². The van der Waals surface area contributed by atoms with E-state index in [0.717, 1.165) is 77.3 Å². The Morgan fingerprint density at radius 1 is 0.841 bits per heavy atom. The molecule has 10 nitrogen and oxygen atoms in total. The van der Waals surface area contributed by atoms with Crippen LogP contribution in [0.1, 0.15) is 91.0 Å². The fourth-order valence-electron chi connectivity index (χ4n) is 6.14. The van der Waals surface area contributed by atoms with Crippen LogP contribution in [0.15, 0.2) is 48.7 Å². The highest BCUT2D eigenvalue weighted by molar-refractivity contribution is 5.83. The number of carbonyl (C=O) groups is 2. The van der Waals surface area contributed by atoms with Crippen LogP contribution < -0.4 is 5.32 Å². The van der Waals surface area contributed by atoms with E-state index < -0.39 is 5.60 Å². The molecule has 0 bridgehead atoms. The minimum absolute atomic E-state index is 0.0488. The molecule has 2 unspecified atom stereocenters. The van der Waals surface area contributed by atoms with Crippen molar-refractivity contribution in [2.75, 3.05) is 13.1 Å². The van der Waals surface area contributed by atoms with Crippen LogP contribution in [0.2, 0.25) is 0 Å². The van der Waals surface area contributed by atoms with Gasteiger partial charge in [-0.15, -0.1) is 0 Å². The molecule has 44 heavy (non-hydrogen) atoms. The topological polar surface area (TPSA) is 119 Å². The number of hydrogen-bond donors (Lipinski definition) is 3. The van der Waals surface area contributed by atoms with Crippen LogP contribution >= 0.6 is 0 Å². The molecule has 2 aliphatic heterocycles. The average molecular weight is 598 g/mol. The number of urea groups is 1. The normalized spacial score (nSPS) is 19.1. The van der Waals surface area contributed by atoms with Gasteiger partial charge in [-0.1, -0.05) is 30.3 Å². The molecule has 0 spiro atoms. The molecule has 2 aromatic carbocycles. The zero-order valence-corrected chi connectivity index (χ0v) is 26.5. The molecule has 6 rings (SSSR count). The van der Waals surface area contributed by atoms with E-state index in [-0.39, 0.29) is 29.7 Å². The molecule has 2 aliphatic rings. The molecule has 2 aromatic heterocycles. The van der Waals surface area contributed by atoms with Gasteiger partial charge in [0.1, 0.15) is 17.2 Å². The molecule has 3 amide bonds. The lowest BCUT2D eigenvalue weighted by Gasteiger charge is -2.28. The Balaban J connectivity index is 1.17. The van der Waals surface area contributed by atoms with E-state index in [0.29, 0.717) is 6.54 Å². The van der Waals surface area contributed by atoms with Crippen molar-refractivity contribution in [2.24, 2.45) is 0 Å². The Hall–Kier alpha value is -4.34. The maximum absolute atomic E-state index is 12.9. The highest BCUT2D eigenvalue weighted by Gasteiger charge is 2.35. The molecular formula is C34H43N7O3. The van der Waals surface area contributed by atoms with Crippen LogP contribution in [-0.4, -0.2) is 66.1 Å². The number of imidazole rings is 2. The van der Waals surface area contributed by atoms with Gasteiger partial charge in [0.15, 0.2) is 0 Å². The molecule has 10 heteroatoms. The molecule has 0 saturated carbocycles. The molecule has 4 heterocycles. The van der Waals surface area contributed by atoms with Gasteiger partial charge in [0.05, 0.1) is 35.0 Å². The Kier molecular flexibility index (Phi) is 7.63. The Labute approximate surface area is 258 Å². The maximum Gasteiger partial charge on any atom is 0.410 e. The third kappa shape index (κ3) is 6.30. The van der Waals surface area contributed by atoms with E-state index >= 15 is 0 Å². The quantitative estimate of drug-likeness (QED) is 0.227. The van der Waals surface area contributed by atoms with Crippen molar-refractivity contribution in [1.29, 1.82) is 0 Å². The van der Waals surface area contributed by atoms with Gasteiger partial charge in [-0.2, -0.15) is 0 Å². The number of benzene rings is 2. The summed E-state index contributed by atoms with van der Waals surface area (Å²) in [6.45, 7) is 13.0. The predicted molar refractivity (Wildman–Crippen MR) is 171 cm³/mol. The number of rotatable bonds is 4. The van der Waals surface area contributed by atoms with Crippen molar-refractivity contribution in [3.63, 3.8) is 0 Å². The Morgan fingerprint density at radius 2 is 1.48 bits per heavy atom. The predicted octanol–water partition coefficient (Wildman–Crippen LogP) is 7.34. The molecule has 2 atom stereocenters. The number of fused-ring (bicyclic) bond motifs is 1. The van der Waals surface area contributed by atoms with Crippen molar-refractivity contribution < 1.29 is 14.3 Å². The number of amides is 3. The number of nitrogens with one attached hydrogen (secondary N) is 3. The number of nitrogens with zero attached hydrogens (tertiary/aromatic N) is 4. The summed E-state index contributed by atoms with van der Waals surface area (Å²) in [6.07, 6.45) is 5.17. The number of aromatic amines is 2. The molecule has 4 aromatic rings. The monoisotopic (exact) mass is 597 g/mol. The number of ether oxygens (including phenoxy) is 1. The second-order valence-corrected chi connectivity index (χ2v) is 14.0. The number of aromatic nitrogens is 4. The number of hydrogen-bond acceptors (Lipinski definition) is 5. The van der Waals surface area contributed by atoms with Gasteiger partial charge in [0.25, 0.3) is 0 Å². The highest BCUT2D eigenvalue weighted by atomic mass is 16.6. The first-order valence-corrected chi connectivity index (χ1v) is 15.6. The molecule has 2 fully saturated rings. The Bertz CT molecular complexity index is 1660. The minimum Gasteiger partial charge on any atom is -0.444 e. The van der Waals surface area contributed by atoms with E-state index in [4.69, 9.17) is 9.72 Å². The standard InChI is InChI=1S/C34H43N7O3/c1-33(2,3)39-31(42)40-17-7-9-27(40)29-35-20-26(38-29)22-13-11-21(12-14-22)23-15-16-24-25(19-23)37-30(36-24)28-10-8-18-41(28)32(43)44-34(4,5)6/h11-16,19-20,27-28H,7-10,17-18H2,1-6H3,(H,35,38)(H,36,37)(H,39,42). The number of H-pyrrole nitrogens is 2. The summed E-state index contributed by atoms with van der Waals surface area (Å²) in [5, 5.41) is 3.08. The smallest absolute Gasteiger partial charge is 0.410 e. The number of likely N-dealkylation sites (tertiary alicyclic amines) is 2. The van der Waals surface area contributed by atoms with Gasteiger partial charge >= 0.3 is 12.1 Å². The first kappa shape index (κ1) is 29.7. The first-order chi connectivity index (χ1) is 20.8. The third-order valence-electron chi connectivity index (χ3n) is 8.13. The van der Waals surface area contributed by atoms with Crippen LogP contribution in [-0.2, 0) is 4.74 Å². The Morgan fingerprint density at radius 3 is 2.16 bits per heavy atom. The number of carbonyl (C=O) groups excluding carboxylic acids is 2. The zero-order valence-electron chi connectivity index (χ0n) is 26.5. The summed E-state index contributed by atoms with van der Waals surface area (Å²) in [6, 6.07) is 14.4. The van der Waals surface area contributed by atoms with Crippen LogP contribution in [0.3, 0.4) is 0 Å². The summed E-state index contributed by atoms with van der Waals surface area (Å²) < 4.78 is 5.64. The van der Waals surface area contributed by atoms with Crippen LogP contribution in [0, 0.1) is 0 Å². The van der Waals surface area contributed by atoms with E-state index in [1.165, 1.54) is 0 Å². The fraction of sp³-hybridized carbons (Fsp3) is 0.471. The van der Waals surface area contributed by atoms with Crippen LogP contribution in [0.4, 0.5) is 9.59 Å². The van der Waals surface area contributed by atoms with E-state index in [9.17, 15) is 9.59 Å². The second kappa shape index (κ2) is 11.3. The third-order valence-corrected chi connectivity index (χ3v) is 8.13. The summed E-state index contributed by atoms with van der Waals surface area (Å²) in [5.41, 5.74) is 5.10. The van der Waals surface area contributed by atoms with Crippen molar-refractivity contribution in [1.82, 2.24) is 35.1 Å². The minimum atomic E-state index is -0.538. The van der Waals surface area contributed by atoms with Crippen LogP contribution in [0.5, 0.6) is 0 Å². The second-order valence-electron chi connectivity index (χ2n) is 14.0. The molecule has 0 aliphatic carbocycles. The summed E-state index contributed by atoms with van der Waals surface area (Å²) in [7, 11) is 0. The van der Waals surface area contributed by atoms with Crippen molar-refractivity contribution in [2.45, 2.75) is 90.4 Å². The van der Waals surface area contributed by atoms with E-state index in [1.54, 1.807) is 4.90 Å². The summed E-state index contributed by atoms with van der Waals surface area (Å²) in [4.78, 5) is 45.8. The molecule has 0 radical (unpaired) electrons. The lowest BCUT2D eigenvalue weighted by Crippen LogP contribution is -2.48. The summed E-state index contributed by atoms with van der Waals surface area (Å²) >= 11 is 0. The lowest BCUT2D eigenvalue weighted by atomic mass is 10.0. The highest BCUT2D eigenvalue weighted by Crippen LogP contribution is 2.35. The van der Waals surface area contributed by atoms with E-state index in [1.807, 2.05) is 58.7 Å². The van der Waals surface area contributed by atoms with Crippen molar-refractivity contribution in [3.8, 4) is 22.4 Å². The van der Waals surface area contributed by atoms with Gasteiger partial charge in [-0.3, -0.25) is 4.90 Å². The molecular weight excluding hydrogens is 554 g/mol. The maximum atomic E-state index is 12.9. The fourth-order valence-corrected chi connectivity index (χ4v) is 6.14. The average Bonchev–Trinajstić information content (AvgIpc) is 3.76. The first-order valence-electron chi connectivity index (χ1n) is 15.6. The SMILES string of the molecule is CC(C)(C)NC(=O)N1CCCC1c1ncc(-c2ccc(-c3ccc4nc(C5CCCN5C(=O)OC(C)(C)C)[nH]c4c3)cc2)[nH]1. The van der Waals surface area contributed by atoms with Crippen molar-refractivity contribution >= 4 is 23.2 Å².